The van der Waals surface area contributed by atoms with E-state index in [0.717, 1.165) is 29.9 Å². The first-order valence-corrected chi connectivity index (χ1v) is 5.93. The summed E-state index contributed by atoms with van der Waals surface area (Å²) in [6, 6.07) is 2.08. The van der Waals surface area contributed by atoms with Gasteiger partial charge < -0.3 is 0 Å². The van der Waals surface area contributed by atoms with Crippen molar-refractivity contribution in [3.63, 3.8) is 0 Å². The molecule has 3 rings (SSSR count). The summed E-state index contributed by atoms with van der Waals surface area (Å²) < 4.78 is 2.08. The van der Waals surface area contributed by atoms with E-state index in [0.29, 0.717) is 0 Å². The van der Waals surface area contributed by atoms with Crippen molar-refractivity contribution >= 4 is 11.8 Å². The van der Waals surface area contributed by atoms with Gasteiger partial charge in [-0.15, -0.1) is 0 Å². The van der Waals surface area contributed by atoms with Crippen LogP contribution < -0.4 is 0 Å². The smallest absolute Gasteiger partial charge is 0.140 e. The minimum atomic E-state index is 0.250. The molecule has 1 aliphatic carbocycles. The fourth-order valence-electron chi connectivity index (χ4n) is 2.45. The van der Waals surface area contributed by atoms with Crippen LogP contribution in [0.3, 0.4) is 0 Å². The molecule has 1 saturated carbocycles. The van der Waals surface area contributed by atoms with Gasteiger partial charge in [0.25, 0.3) is 0 Å². The van der Waals surface area contributed by atoms with Crippen LogP contribution in [-0.2, 0) is 12.1 Å². The number of fused-ring (bicyclic) bond motifs is 2. The van der Waals surface area contributed by atoms with E-state index in [1.165, 1.54) is 18.5 Å². The molecule has 2 heterocycles. The highest BCUT2D eigenvalue weighted by molar-refractivity contribution is 8.03. The first-order valence-electron chi connectivity index (χ1n) is 5.12. The second kappa shape index (κ2) is 3.00. The molecular formula is C10H12N4S. The van der Waals surface area contributed by atoms with Gasteiger partial charge >= 0.3 is 0 Å². The molecule has 0 atom stereocenters. The minimum absolute atomic E-state index is 0.250. The van der Waals surface area contributed by atoms with E-state index in [9.17, 15) is 0 Å². The minimum Gasteiger partial charge on any atom is -0.293 e. The molecule has 0 bridgehead atoms. The normalized spacial score (nSPS) is 22.4. The van der Waals surface area contributed by atoms with Gasteiger partial charge in [0.15, 0.2) is 0 Å². The number of thiocyanates is 1. The van der Waals surface area contributed by atoms with Crippen molar-refractivity contribution in [1.29, 1.82) is 5.26 Å². The average Bonchev–Trinajstić information content (AvgIpc) is 2.91. The lowest BCUT2D eigenvalue weighted by atomic mass is 10.1. The Labute approximate surface area is 92.9 Å². The summed E-state index contributed by atoms with van der Waals surface area (Å²) >= 11 is 1.15. The van der Waals surface area contributed by atoms with Crippen LogP contribution >= 0.6 is 11.8 Å². The summed E-state index contributed by atoms with van der Waals surface area (Å²) in [7, 11) is 2.18. The summed E-state index contributed by atoms with van der Waals surface area (Å²) in [6.45, 7) is 2.00. The standard InChI is InChI=1S/C10H12N4S/c1-13-4-5-14-8(10(13)2-3-10)6-9(12-14)15-7-11/h6H,2-5H2,1H3. The topological polar surface area (TPSA) is 44.9 Å². The summed E-state index contributed by atoms with van der Waals surface area (Å²) in [5, 5.41) is 16.0. The predicted molar refractivity (Wildman–Crippen MR) is 57.2 cm³/mol. The Kier molecular flexibility index (Phi) is 1.85. The van der Waals surface area contributed by atoms with Crippen LogP contribution in [0.4, 0.5) is 0 Å². The lowest BCUT2D eigenvalue weighted by Gasteiger charge is -2.33. The highest BCUT2D eigenvalue weighted by Gasteiger charge is 2.52. The zero-order valence-corrected chi connectivity index (χ0v) is 9.42. The fraction of sp³-hybridized carbons (Fsp3) is 0.600. The first-order chi connectivity index (χ1) is 7.26. The second-order valence-corrected chi connectivity index (χ2v) is 5.04. The van der Waals surface area contributed by atoms with E-state index in [4.69, 9.17) is 5.26 Å². The van der Waals surface area contributed by atoms with Gasteiger partial charge in [-0.3, -0.25) is 9.58 Å². The van der Waals surface area contributed by atoms with Gasteiger partial charge in [-0.05, 0) is 26.0 Å². The lowest BCUT2D eigenvalue weighted by molar-refractivity contribution is 0.167. The summed E-state index contributed by atoms with van der Waals surface area (Å²) in [4.78, 5) is 2.42. The molecule has 5 heteroatoms. The molecule has 1 spiro atoms. The average molecular weight is 220 g/mol. The van der Waals surface area contributed by atoms with Gasteiger partial charge in [-0.1, -0.05) is 0 Å². The molecule has 15 heavy (non-hydrogen) atoms. The molecule has 0 N–H and O–H groups in total. The maximum Gasteiger partial charge on any atom is 0.140 e. The fourth-order valence-corrected chi connectivity index (χ4v) is 2.85. The third-order valence-electron chi connectivity index (χ3n) is 3.49. The number of hydrogen-bond acceptors (Lipinski definition) is 4. The van der Waals surface area contributed by atoms with Gasteiger partial charge in [0.05, 0.1) is 17.8 Å². The van der Waals surface area contributed by atoms with Gasteiger partial charge in [-0.25, -0.2) is 0 Å². The van der Waals surface area contributed by atoms with Crippen molar-refractivity contribution in [2.24, 2.45) is 0 Å². The van der Waals surface area contributed by atoms with Gasteiger partial charge in [-0.2, -0.15) is 10.4 Å². The zero-order valence-electron chi connectivity index (χ0n) is 8.60. The summed E-state index contributed by atoms with van der Waals surface area (Å²) in [5.41, 5.74) is 1.55. The van der Waals surface area contributed by atoms with Gasteiger partial charge in [0, 0.05) is 18.3 Å². The van der Waals surface area contributed by atoms with Crippen LogP contribution in [0.2, 0.25) is 0 Å². The molecule has 4 nitrogen and oxygen atoms in total. The molecule has 1 aromatic heterocycles. The number of likely N-dealkylation sites (N-methyl/N-ethyl adjacent to an activating group) is 1. The molecule has 0 aromatic carbocycles. The van der Waals surface area contributed by atoms with Crippen LogP contribution in [0, 0.1) is 10.7 Å². The molecule has 1 aromatic rings. The van der Waals surface area contributed by atoms with E-state index in [1.54, 1.807) is 0 Å². The SMILES string of the molecule is CN1CCn2nc(SC#N)cc2C12CC2. The van der Waals surface area contributed by atoms with E-state index >= 15 is 0 Å². The Bertz CT molecular complexity index is 441. The molecule has 2 aliphatic rings. The summed E-state index contributed by atoms with van der Waals surface area (Å²) in [5.74, 6) is 0. The third-order valence-corrected chi connectivity index (χ3v) is 3.99. The number of rotatable bonds is 1. The number of aromatic nitrogens is 2. The molecular weight excluding hydrogens is 208 g/mol. The van der Waals surface area contributed by atoms with E-state index in [1.807, 2.05) is 0 Å². The van der Waals surface area contributed by atoms with E-state index in [2.05, 4.69) is 33.2 Å². The van der Waals surface area contributed by atoms with Crippen LogP contribution in [0.25, 0.3) is 0 Å². The van der Waals surface area contributed by atoms with Gasteiger partial charge in [0.2, 0.25) is 0 Å². The molecule has 0 saturated heterocycles. The number of nitriles is 1. The molecule has 0 unspecified atom stereocenters. The predicted octanol–water partition coefficient (Wildman–Crippen LogP) is 1.39. The first kappa shape index (κ1) is 9.25. The Morgan fingerprint density at radius 1 is 1.53 bits per heavy atom. The van der Waals surface area contributed by atoms with Crippen molar-refractivity contribution in [3.05, 3.63) is 11.8 Å². The van der Waals surface area contributed by atoms with Crippen molar-refractivity contribution in [2.75, 3.05) is 13.6 Å². The Morgan fingerprint density at radius 2 is 2.33 bits per heavy atom. The number of nitrogens with zero attached hydrogens (tertiary/aromatic N) is 4. The number of thioether (sulfide) groups is 1. The molecule has 78 valence electrons. The molecule has 1 fully saturated rings. The lowest BCUT2D eigenvalue weighted by Crippen LogP contribution is -2.41. The van der Waals surface area contributed by atoms with Gasteiger partial charge in [0.1, 0.15) is 10.4 Å². The highest BCUT2D eigenvalue weighted by Crippen LogP contribution is 2.52. The van der Waals surface area contributed by atoms with Crippen molar-refractivity contribution in [3.8, 4) is 5.40 Å². The summed E-state index contributed by atoms with van der Waals surface area (Å²) in [6.07, 6.45) is 2.46. The van der Waals surface area contributed by atoms with Crippen LogP contribution in [0.5, 0.6) is 0 Å². The van der Waals surface area contributed by atoms with Crippen LogP contribution in [0.15, 0.2) is 11.1 Å². The Hall–Kier alpha value is -0.990. The van der Waals surface area contributed by atoms with E-state index < -0.39 is 0 Å². The van der Waals surface area contributed by atoms with Crippen molar-refractivity contribution in [2.45, 2.75) is 30.0 Å². The molecule has 0 amide bonds. The quantitative estimate of drug-likeness (QED) is 0.530. The maximum atomic E-state index is 8.63. The molecule has 1 aliphatic heterocycles. The maximum absolute atomic E-state index is 8.63. The monoisotopic (exact) mass is 220 g/mol. The Morgan fingerprint density at radius 3 is 3.00 bits per heavy atom. The van der Waals surface area contributed by atoms with Crippen LogP contribution in [0.1, 0.15) is 18.5 Å². The molecule has 0 radical (unpaired) electrons. The second-order valence-electron chi connectivity index (χ2n) is 4.24. The number of hydrogen-bond donors (Lipinski definition) is 0. The third kappa shape index (κ3) is 1.22. The zero-order chi connectivity index (χ0) is 10.5. The van der Waals surface area contributed by atoms with Crippen LogP contribution in [-0.4, -0.2) is 28.3 Å². The largest absolute Gasteiger partial charge is 0.293 e. The van der Waals surface area contributed by atoms with Crippen molar-refractivity contribution in [1.82, 2.24) is 14.7 Å². The van der Waals surface area contributed by atoms with Crippen molar-refractivity contribution < 1.29 is 0 Å². The Balaban J connectivity index is 2.03. The highest BCUT2D eigenvalue weighted by atomic mass is 32.2. The van der Waals surface area contributed by atoms with E-state index in [-0.39, 0.29) is 5.54 Å².